The number of unbranched alkanes of at least 4 members (excludes halogenated alkanes) is 8. The number of methoxy groups -OCH3 is 1. The van der Waals surface area contributed by atoms with Crippen LogP contribution in [0.2, 0.25) is 0 Å². The molecule has 1 unspecified atom stereocenters. The summed E-state index contributed by atoms with van der Waals surface area (Å²) in [7, 11) is -2.43. The summed E-state index contributed by atoms with van der Waals surface area (Å²) < 4.78 is 35.3. The molecule has 118 valence electrons. The van der Waals surface area contributed by atoms with Gasteiger partial charge in [0.15, 0.2) is 0 Å². The molecule has 0 aromatic heterocycles. The van der Waals surface area contributed by atoms with Gasteiger partial charge in [0.2, 0.25) is 0 Å². The van der Waals surface area contributed by atoms with Gasteiger partial charge in [-0.1, -0.05) is 64.7 Å². The van der Waals surface area contributed by atoms with Gasteiger partial charge in [-0.05, 0) is 6.42 Å². The quantitative estimate of drug-likeness (QED) is 0.322. The van der Waals surface area contributed by atoms with Gasteiger partial charge >= 0.3 is 29.6 Å². The second kappa shape index (κ2) is 14.8. The summed E-state index contributed by atoms with van der Waals surface area (Å²) in [4.78, 5) is 0. The number of rotatable bonds is 13. The second-order valence-electron chi connectivity index (χ2n) is 5.22. The Kier molecular flexibility index (Phi) is 17.1. The molecule has 0 aliphatic rings. The topological polar surface area (TPSA) is 63.6 Å². The molecule has 0 rings (SSSR count). The van der Waals surface area contributed by atoms with E-state index in [0.717, 1.165) is 12.8 Å². The Bertz CT molecular complexity index is 294. The van der Waals surface area contributed by atoms with Crippen molar-refractivity contribution in [3.05, 3.63) is 0 Å². The van der Waals surface area contributed by atoms with Crippen LogP contribution in [0.3, 0.4) is 0 Å². The molecule has 0 aromatic rings. The van der Waals surface area contributed by atoms with Crippen LogP contribution < -0.4 is 0 Å². The zero-order valence-electron chi connectivity index (χ0n) is 12.4. The first kappa shape index (κ1) is 23.1. The Balaban J connectivity index is 0. The van der Waals surface area contributed by atoms with Gasteiger partial charge in [-0.25, -0.2) is 0 Å². The van der Waals surface area contributed by atoms with Crippen LogP contribution in [0.15, 0.2) is 0 Å². The fraction of sp³-hybridized carbons (Fsp3) is 1.00. The molecule has 0 bridgehead atoms. The van der Waals surface area contributed by atoms with Gasteiger partial charge in [-0.2, -0.15) is 8.42 Å². The molecule has 0 aromatic carbocycles. The van der Waals surface area contributed by atoms with Crippen LogP contribution in [0.1, 0.15) is 71.1 Å². The summed E-state index contributed by atoms with van der Waals surface area (Å²) >= 11 is 0. The van der Waals surface area contributed by atoms with E-state index in [2.05, 4.69) is 6.92 Å². The molecule has 0 aliphatic heterocycles. The molecular weight excluding hydrogens is 287 g/mol. The first-order valence-electron chi connectivity index (χ1n) is 7.47. The van der Waals surface area contributed by atoms with Crippen LogP contribution in [-0.4, -0.2) is 61.5 Å². The maximum absolute atomic E-state index is 10.7. The van der Waals surface area contributed by atoms with E-state index in [1.165, 1.54) is 52.1 Å². The summed E-state index contributed by atoms with van der Waals surface area (Å²) in [6.07, 6.45) is 11.5. The Hall–Kier alpha value is 0.870. The molecule has 0 saturated carbocycles. The number of hydrogen-bond acceptors (Lipinski definition) is 3. The fourth-order valence-corrected chi connectivity index (χ4v) is 2.96. The van der Waals surface area contributed by atoms with Crippen molar-refractivity contribution in [2.24, 2.45) is 0 Å². The molecule has 1 atom stereocenters. The average Bonchev–Trinajstić information content (AvgIpc) is 2.34. The van der Waals surface area contributed by atoms with Crippen LogP contribution in [-0.2, 0) is 14.9 Å². The van der Waals surface area contributed by atoms with Crippen molar-refractivity contribution in [2.45, 2.75) is 77.2 Å². The average molecular weight is 318 g/mol. The minimum atomic E-state index is -3.92. The van der Waals surface area contributed by atoms with Crippen LogP contribution in [0.4, 0.5) is 0 Å². The summed E-state index contributed by atoms with van der Waals surface area (Å²) in [5.74, 6) is -0.291. The number of ether oxygens (including phenoxy) is 1. The molecule has 0 saturated heterocycles. The van der Waals surface area contributed by atoms with Gasteiger partial charge < -0.3 is 4.74 Å². The minimum absolute atomic E-state index is 0. The van der Waals surface area contributed by atoms with E-state index < -0.39 is 10.1 Å². The zero-order valence-corrected chi connectivity index (χ0v) is 13.3. The molecule has 0 radical (unpaired) electrons. The molecular formula is C14H31NaO4S. The summed E-state index contributed by atoms with van der Waals surface area (Å²) in [5.41, 5.74) is 0. The Morgan fingerprint density at radius 2 is 1.40 bits per heavy atom. The van der Waals surface area contributed by atoms with Crippen LogP contribution in [0, 0.1) is 0 Å². The van der Waals surface area contributed by atoms with E-state index in [-0.39, 0.29) is 41.4 Å². The van der Waals surface area contributed by atoms with Crippen molar-refractivity contribution in [1.82, 2.24) is 0 Å². The van der Waals surface area contributed by atoms with E-state index in [9.17, 15) is 8.42 Å². The predicted molar refractivity (Wildman–Crippen MR) is 86.2 cm³/mol. The molecule has 0 amide bonds. The fourth-order valence-electron chi connectivity index (χ4n) is 2.19. The van der Waals surface area contributed by atoms with Gasteiger partial charge in [-0.15, -0.1) is 0 Å². The predicted octanol–water partition coefficient (Wildman–Crippen LogP) is 3.16. The van der Waals surface area contributed by atoms with E-state index >= 15 is 0 Å². The van der Waals surface area contributed by atoms with Gasteiger partial charge in [0.1, 0.15) is 5.75 Å². The third kappa shape index (κ3) is 16.9. The van der Waals surface area contributed by atoms with Crippen molar-refractivity contribution < 1.29 is 17.7 Å². The monoisotopic (exact) mass is 318 g/mol. The standard InChI is InChI=1S/C14H30O4S.Na.H/c1-3-4-5-6-7-8-9-10-11-12-14(18-2)13-19(15,16)17;;/h14H,3-13H2,1-2H3,(H,15,16,17);;. The van der Waals surface area contributed by atoms with E-state index in [0.29, 0.717) is 6.42 Å². The van der Waals surface area contributed by atoms with E-state index in [1.807, 2.05) is 0 Å². The Labute approximate surface area is 147 Å². The first-order chi connectivity index (χ1) is 8.99. The van der Waals surface area contributed by atoms with Crippen molar-refractivity contribution in [1.29, 1.82) is 0 Å². The van der Waals surface area contributed by atoms with Crippen LogP contribution in [0.25, 0.3) is 0 Å². The van der Waals surface area contributed by atoms with Crippen molar-refractivity contribution in [3.63, 3.8) is 0 Å². The normalized spacial score (nSPS) is 12.9. The summed E-state index contributed by atoms with van der Waals surface area (Å²) in [6.45, 7) is 2.22. The molecule has 0 aliphatic carbocycles. The van der Waals surface area contributed by atoms with E-state index in [4.69, 9.17) is 9.29 Å². The van der Waals surface area contributed by atoms with Crippen LogP contribution in [0.5, 0.6) is 0 Å². The SMILES string of the molecule is CCCCCCCCCCCC(CS(=O)(=O)O)OC.[NaH]. The molecule has 4 nitrogen and oxygen atoms in total. The Morgan fingerprint density at radius 1 is 0.950 bits per heavy atom. The van der Waals surface area contributed by atoms with Gasteiger partial charge in [0.05, 0.1) is 6.10 Å². The second-order valence-corrected chi connectivity index (χ2v) is 6.72. The third-order valence-corrected chi connectivity index (χ3v) is 4.15. The third-order valence-electron chi connectivity index (χ3n) is 3.36. The molecule has 20 heavy (non-hydrogen) atoms. The van der Waals surface area contributed by atoms with Crippen molar-refractivity contribution in [2.75, 3.05) is 12.9 Å². The van der Waals surface area contributed by atoms with Crippen molar-refractivity contribution in [3.8, 4) is 0 Å². The van der Waals surface area contributed by atoms with Crippen LogP contribution >= 0.6 is 0 Å². The molecule has 1 N–H and O–H groups in total. The summed E-state index contributed by atoms with van der Waals surface area (Å²) in [5, 5.41) is 0. The molecule has 0 fully saturated rings. The first-order valence-corrected chi connectivity index (χ1v) is 9.08. The number of hydrogen-bond donors (Lipinski definition) is 1. The molecule has 0 spiro atoms. The zero-order chi connectivity index (χ0) is 14.6. The molecule has 6 heteroatoms. The maximum atomic E-state index is 10.7. The van der Waals surface area contributed by atoms with Crippen molar-refractivity contribution >= 4 is 39.7 Å². The van der Waals surface area contributed by atoms with Gasteiger partial charge in [0, 0.05) is 7.11 Å². The van der Waals surface area contributed by atoms with Gasteiger partial charge in [0.25, 0.3) is 10.1 Å². The van der Waals surface area contributed by atoms with Gasteiger partial charge in [-0.3, -0.25) is 4.55 Å². The molecule has 0 heterocycles. The van der Waals surface area contributed by atoms with E-state index in [1.54, 1.807) is 0 Å². The summed E-state index contributed by atoms with van der Waals surface area (Å²) in [6, 6.07) is 0. The Morgan fingerprint density at radius 3 is 1.80 bits per heavy atom.